The molecule has 0 heterocycles. The summed E-state index contributed by atoms with van der Waals surface area (Å²) >= 11 is 0. The number of nitrogens with zero attached hydrogens (tertiary/aromatic N) is 1. The second kappa shape index (κ2) is 6.01. The predicted octanol–water partition coefficient (Wildman–Crippen LogP) is 2.11. The van der Waals surface area contributed by atoms with Crippen LogP contribution in [0.2, 0.25) is 0 Å². The molecule has 0 saturated heterocycles. The van der Waals surface area contributed by atoms with Crippen LogP contribution < -0.4 is 5.32 Å². The van der Waals surface area contributed by atoms with Gasteiger partial charge in [0.1, 0.15) is 18.4 Å². The fourth-order valence-electron chi connectivity index (χ4n) is 1.61. The molecule has 0 aromatic heterocycles. The molecule has 0 aliphatic rings. The SMILES string of the molecule is CN(C)[C@H](C(=O)NCC(F)(F)F)c1ccc(F)cc1. The summed E-state index contributed by atoms with van der Waals surface area (Å²) in [4.78, 5) is 13.2. The monoisotopic (exact) mass is 278 g/mol. The third-order valence-corrected chi connectivity index (χ3v) is 2.41. The van der Waals surface area contributed by atoms with Crippen LogP contribution in [-0.2, 0) is 4.79 Å². The number of likely N-dealkylation sites (N-methyl/N-ethyl adjacent to an activating group) is 1. The van der Waals surface area contributed by atoms with Crippen molar-refractivity contribution < 1.29 is 22.4 Å². The molecule has 0 fully saturated rings. The second-order valence-corrected chi connectivity index (χ2v) is 4.25. The first-order valence-corrected chi connectivity index (χ1v) is 5.47. The largest absolute Gasteiger partial charge is 0.405 e. The van der Waals surface area contributed by atoms with E-state index in [9.17, 15) is 22.4 Å². The van der Waals surface area contributed by atoms with Crippen LogP contribution in [-0.4, -0.2) is 37.6 Å². The number of nitrogens with one attached hydrogen (secondary N) is 1. The first kappa shape index (κ1) is 15.4. The van der Waals surface area contributed by atoms with Crippen molar-refractivity contribution in [3.63, 3.8) is 0 Å². The number of carbonyl (C=O) groups is 1. The Bertz CT molecular complexity index is 428. The summed E-state index contributed by atoms with van der Waals surface area (Å²) in [6.45, 7) is -1.39. The van der Waals surface area contributed by atoms with Gasteiger partial charge in [0.15, 0.2) is 0 Å². The highest BCUT2D eigenvalue weighted by molar-refractivity contribution is 5.83. The number of amides is 1. The topological polar surface area (TPSA) is 32.3 Å². The van der Waals surface area contributed by atoms with Gasteiger partial charge in [0.25, 0.3) is 0 Å². The van der Waals surface area contributed by atoms with E-state index in [1.54, 1.807) is 14.1 Å². The summed E-state index contributed by atoms with van der Waals surface area (Å²) in [5.41, 5.74) is 0.422. The van der Waals surface area contributed by atoms with Crippen LogP contribution in [0.15, 0.2) is 24.3 Å². The van der Waals surface area contributed by atoms with Gasteiger partial charge in [0.2, 0.25) is 5.91 Å². The summed E-state index contributed by atoms with van der Waals surface area (Å²) in [5.74, 6) is -1.26. The average Bonchev–Trinajstić information content (AvgIpc) is 2.28. The van der Waals surface area contributed by atoms with E-state index in [0.29, 0.717) is 5.56 Å². The lowest BCUT2D eigenvalue weighted by atomic mass is 10.1. The Labute approximate surface area is 108 Å². The number of hydrogen-bond acceptors (Lipinski definition) is 2. The van der Waals surface area contributed by atoms with Gasteiger partial charge in [-0.25, -0.2) is 4.39 Å². The molecule has 1 atom stereocenters. The molecule has 0 aliphatic heterocycles. The molecular weight excluding hydrogens is 264 g/mol. The van der Waals surface area contributed by atoms with E-state index in [-0.39, 0.29) is 0 Å². The van der Waals surface area contributed by atoms with Crippen LogP contribution in [0.25, 0.3) is 0 Å². The van der Waals surface area contributed by atoms with E-state index in [1.807, 2.05) is 5.32 Å². The van der Waals surface area contributed by atoms with Crippen LogP contribution >= 0.6 is 0 Å². The molecule has 1 rings (SSSR count). The van der Waals surface area contributed by atoms with Crippen LogP contribution in [0.5, 0.6) is 0 Å². The third kappa shape index (κ3) is 4.86. The molecule has 1 aromatic carbocycles. The summed E-state index contributed by atoms with van der Waals surface area (Å²) in [5, 5.41) is 1.82. The summed E-state index contributed by atoms with van der Waals surface area (Å²) in [7, 11) is 3.11. The first-order chi connectivity index (χ1) is 8.70. The summed E-state index contributed by atoms with van der Waals surface area (Å²) < 4.78 is 49.0. The molecule has 0 unspecified atom stereocenters. The molecule has 1 amide bonds. The lowest BCUT2D eigenvalue weighted by Gasteiger charge is -2.24. The third-order valence-electron chi connectivity index (χ3n) is 2.41. The van der Waals surface area contributed by atoms with Crippen molar-refractivity contribution in [2.75, 3.05) is 20.6 Å². The average molecular weight is 278 g/mol. The molecular formula is C12H14F4N2O. The molecule has 0 bridgehead atoms. The molecule has 106 valence electrons. The Hall–Kier alpha value is -1.63. The van der Waals surface area contributed by atoms with Gasteiger partial charge in [-0.2, -0.15) is 13.2 Å². The van der Waals surface area contributed by atoms with Gasteiger partial charge in [0, 0.05) is 0 Å². The quantitative estimate of drug-likeness (QED) is 0.855. The Balaban J connectivity index is 2.83. The molecule has 0 aliphatic carbocycles. The van der Waals surface area contributed by atoms with Crippen LogP contribution in [0.1, 0.15) is 11.6 Å². The highest BCUT2D eigenvalue weighted by atomic mass is 19.4. The molecule has 19 heavy (non-hydrogen) atoms. The maximum absolute atomic E-state index is 12.8. The summed E-state index contributed by atoms with van der Waals surface area (Å²) in [6.07, 6.45) is -4.46. The lowest BCUT2D eigenvalue weighted by molar-refractivity contribution is -0.141. The number of carbonyl (C=O) groups excluding carboxylic acids is 1. The highest BCUT2D eigenvalue weighted by Crippen LogP contribution is 2.20. The molecule has 0 spiro atoms. The second-order valence-electron chi connectivity index (χ2n) is 4.25. The van der Waals surface area contributed by atoms with Gasteiger partial charge in [-0.15, -0.1) is 0 Å². The van der Waals surface area contributed by atoms with E-state index in [0.717, 1.165) is 12.1 Å². The fraction of sp³-hybridized carbons (Fsp3) is 0.417. The van der Waals surface area contributed by atoms with Crippen molar-refractivity contribution in [2.24, 2.45) is 0 Å². The minimum atomic E-state index is -4.46. The van der Waals surface area contributed by atoms with E-state index in [1.165, 1.54) is 17.0 Å². The lowest BCUT2D eigenvalue weighted by Crippen LogP contribution is -2.41. The van der Waals surface area contributed by atoms with Crippen LogP contribution in [0.3, 0.4) is 0 Å². The highest BCUT2D eigenvalue weighted by Gasteiger charge is 2.30. The predicted molar refractivity (Wildman–Crippen MR) is 61.9 cm³/mol. The molecule has 7 heteroatoms. The van der Waals surface area contributed by atoms with Gasteiger partial charge >= 0.3 is 6.18 Å². The molecule has 1 N–H and O–H groups in total. The van der Waals surface area contributed by atoms with E-state index in [4.69, 9.17) is 0 Å². The number of hydrogen-bond donors (Lipinski definition) is 1. The smallest absolute Gasteiger partial charge is 0.345 e. The zero-order valence-electron chi connectivity index (χ0n) is 10.5. The van der Waals surface area contributed by atoms with Crippen molar-refractivity contribution in [2.45, 2.75) is 12.2 Å². The Morgan fingerprint density at radius 3 is 2.21 bits per heavy atom. The van der Waals surface area contributed by atoms with Gasteiger partial charge in [0.05, 0.1) is 0 Å². The maximum atomic E-state index is 12.8. The van der Waals surface area contributed by atoms with Crippen LogP contribution in [0, 0.1) is 5.82 Å². The van der Waals surface area contributed by atoms with Gasteiger partial charge in [-0.3, -0.25) is 9.69 Å². The van der Waals surface area contributed by atoms with Crippen molar-refractivity contribution in [1.82, 2.24) is 10.2 Å². The number of rotatable bonds is 4. The van der Waals surface area contributed by atoms with Gasteiger partial charge in [-0.05, 0) is 31.8 Å². The normalized spacial score (nSPS) is 13.4. The molecule has 0 saturated carbocycles. The molecule has 3 nitrogen and oxygen atoms in total. The summed E-state index contributed by atoms with van der Waals surface area (Å²) in [6, 6.07) is 4.15. The minimum Gasteiger partial charge on any atom is -0.345 e. The number of benzene rings is 1. The van der Waals surface area contributed by atoms with E-state index < -0.39 is 30.5 Å². The fourth-order valence-corrected chi connectivity index (χ4v) is 1.61. The van der Waals surface area contributed by atoms with Crippen LogP contribution in [0.4, 0.5) is 17.6 Å². The maximum Gasteiger partial charge on any atom is 0.405 e. The molecule has 1 aromatic rings. The number of halogens is 4. The number of alkyl halides is 3. The standard InChI is InChI=1S/C12H14F4N2O/c1-18(2)10(8-3-5-9(13)6-4-8)11(19)17-7-12(14,15)16/h3-6,10H,7H2,1-2H3,(H,17,19)/t10-/m0/s1. The van der Waals surface area contributed by atoms with Crippen molar-refractivity contribution >= 4 is 5.91 Å². The minimum absolute atomic E-state index is 0.422. The van der Waals surface area contributed by atoms with E-state index >= 15 is 0 Å². The van der Waals surface area contributed by atoms with Gasteiger partial charge < -0.3 is 5.32 Å². The Morgan fingerprint density at radius 1 is 1.26 bits per heavy atom. The Morgan fingerprint density at radius 2 is 1.79 bits per heavy atom. The first-order valence-electron chi connectivity index (χ1n) is 5.47. The van der Waals surface area contributed by atoms with Crippen molar-refractivity contribution in [1.29, 1.82) is 0 Å². The van der Waals surface area contributed by atoms with E-state index in [2.05, 4.69) is 0 Å². The van der Waals surface area contributed by atoms with Crippen molar-refractivity contribution in [3.8, 4) is 0 Å². The zero-order chi connectivity index (χ0) is 14.6. The zero-order valence-corrected chi connectivity index (χ0v) is 10.5. The van der Waals surface area contributed by atoms with Crippen molar-refractivity contribution in [3.05, 3.63) is 35.6 Å². The molecule has 0 radical (unpaired) electrons. The van der Waals surface area contributed by atoms with Gasteiger partial charge in [-0.1, -0.05) is 12.1 Å². The Kier molecular flexibility index (Phi) is 4.88.